The molecular weight excluding hydrogens is 287 g/mol. The summed E-state index contributed by atoms with van der Waals surface area (Å²) in [5, 5.41) is 4.42. The number of rotatable bonds is 3. The molecule has 2 aliphatic rings. The second-order valence-corrected chi connectivity index (χ2v) is 7.63. The summed E-state index contributed by atoms with van der Waals surface area (Å²) in [6, 6.07) is 8.54. The van der Waals surface area contributed by atoms with Gasteiger partial charge in [0.05, 0.1) is 16.9 Å². The van der Waals surface area contributed by atoms with Gasteiger partial charge in [-0.05, 0) is 64.2 Å². The molecule has 1 saturated heterocycles. The highest BCUT2D eigenvalue weighted by Gasteiger charge is 2.52. The van der Waals surface area contributed by atoms with Gasteiger partial charge >= 0.3 is 7.12 Å². The molecular formula is C18H23BN2O2. The Morgan fingerprint density at radius 1 is 1.13 bits per heavy atom. The predicted molar refractivity (Wildman–Crippen MR) is 91.3 cm³/mol. The zero-order chi connectivity index (χ0) is 16.2. The van der Waals surface area contributed by atoms with Crippen LogP contribution in [0.5, 0.6) is 0 Å². The van der Waals surface area contributed by atoms with Crippen LogP contribution in [-0.2, 0) is 9.31 Å². The fraction of sp³-hybridized carbons (Fsp3) is 0.500. The van der Waals surface area contributed by atoms with Crippen molar-refractivity contribution < 1.29 is 9.31 Å². The minimum absolute atomic E-state index is 0.339. The molecule has 0 N–H and O–H groups in total. The fourth-order valence-corrected chi connectivity index (χ4v) is 3.01. The normalized spacial score (nSPS) is 22.5. The standard InChI is InChI=1S/C18H23BN2O2/c1-17(2)18(3,4)23-19(22-17)15-9-8-14(13-6-7-13)12-16(15)21-11-5-10-20-21/h5,8-13H,6-7H2,1-4H3. The SMILES string of the molecule is CC1(C)OB(c2ccc(C3CC3)cc2-n2cccn2)OC1(C)C. The van der Waals surface area contributed by atoms with Crippen LogP contribution in [0.15, 0.2) is 36.7 Å². The fourth-order valence-electron chi connectivity index (χ4n) is 3.01. The van der Waals surface area contributed by atoms with E-state index in [2.05, 4.69) is 51.0 Å². The molecule has 5 heteroatoms. The van der Waals surface area contributed by atoms with Crippen molar-refractivity contribution in [2.24, 2.45) is 0 Å². The molecule has 120 valence electrons. The Kier molecular flexibility index (Phi) is 3.22. The summed E-state index contributed by atoms with van der Waals surface area (Å²) < 4.78 is 14.4. The lowest BCUT2D eigenvalue weighted by Crippen LogP contribution is -2.41. The molecule has 0 unspecified atom stereocenters. The van der Waals surface area contributed by atoms with Gasteiger partial charge in [-0.2, -0.15) is 5.10 Å². The van der Waals surface area contributed by atoms with Gasteiger partial charge in [-0.3, -0.25) is 0 Å². The highest BCUT2D eigenvalue weighted by Crippen LogP contribution is 2.41. The minimum atomic E-state index is -0.368. The molecule has 1 aliphatic heterocycles. The molecule has 1 saturated carbocycles. The van der Waals surface area contributed by atoms with Crippen molar-refractivity contribution in [3.63, 3.8) is 0 Å². The molecule has 1 aromatic carbocycles. The smallest absolute Gasteiger partial charge is 0.399 e. The second-order valence-electron chi connectivity index (χ2n) is 7.63. The van der Waals surface area contributed by atoms with Crippen molar-refractivity contribution in [2.75, 3.05) is 0 Å². The molecule has 0 atom stereocenters. The molecule has 0 bridgehead atoms. The first kappa shape index (κ1) is 15.0. The molecule has 0 amide bonds. The summed E-state index contributed by atoms with van der Waals surface area (Å²) >= 11 is 0. The van der Waals surface area contributed by atoms with Crippen molar-refractivity contribution >= 4 is 12.6 Å². The number of benzene rings is 1. The summed E-state index contributed by atoms with van der Waals surface area (Å²) in [4.78, 5) is 0. The van der Waals surface area contributed by atoms with Gasteiger partial charge < -0.3 is 9.31 Å². The van der Waals surface area contributed by atoms with Crippen LogP contribution in [0.3, 0.4) is 0 Å². The van der Waals surface area contributed by atoms with Gasteiger partial charge in [0.1, 0.15) is 0 Å². The maximum atomic E-state index is 6.24. The Bertz CT molecular complexity index is 705. The molecule has 0 spiro atoms. The van der Waals surface area contributed by atoms with E-state index in [4.69, 9.17) is 9.31 Å². The Morgan fingerprint density at radius 3 is 2.39 bits per heavy atom. The van der Waals surface area contributed by atoms with Gasteiger partial charge in [-0.1, -0.05) is 12.1 Å². The predicted octanol–water partition coefficient (Wildman–Crippen LogP) is 3.05. The number of nitrogens with zero attached hydrogens (tertiary/aromatic N) is 2. The largest absolute Gasteiger partial charge is 0.497 e. The summed E-state index contributed by atoms with van der Waals surface area (Å²) in [6.07, 6.45) is 6.35. The van der Waals surface area contributed by atoms with E-state index >= 15 is 0 Å². The van der Waals surface area contributed by atoms with Crippen molar-refractivity contribution in [3.05, 3.63) is 42.2 Å². The number of hydrogen-bond acceptors (Lipinski definition) is 3. The highest BCUT2D eigenvalue weighted by atomic mass is 16.7. The van der Waals surface area contributed by atoms with Crippen LogP contribution in [0.1, 0.15) is 52.0 Å². The maximum Gasteiger partial charge on any atom is 0.497 e. The van der Waals surface area contributed by atoms with Crippen molar-refractivity contribution in [1.29, 1.82) is 0 Å². The van der Waals surface area contributed by atoms with Gasteiger partial charge in [0, 0.05) is 17.9 Å². The zero-order valence-electron chi connectivity index (χ0n) is 14.2. The van der Waals surface area contributed by atoms with Gasteiger partial charge in [-0.15, -0.1) is 0 Å². The van der Waals surface area contributed by atoms with Crippen LogP contribution in [0.4, 0.5) is 0 Å². The van der Waals surface area contributed by atoms with Gasteiger partial charge in [0.25, 0.3) is 0 Å². The van der Waals surface area contributed by atoms with E-state index in [9.17, 15) is 0 Å². The maximum absolute atomic E-state index is 6.24. The molecule has 2 heterocycles. The molecule has 1 aromatic heterocycles. The molecule has 2 fully saturated rings. The molecule has 0 radical (unpaired) electrons. The number of hydrogen-bond donors (Lipinski definition) is 0. The molecule has 2 aromatic rings. The van der Waals surface area contributed by atoms with E-state index in [-0.39, 0.29) is 18.3 Å². The summed E-state index contributed by atoms with van der Waals surface area (Å²) in [6.45, 7) is 8.33. The van der Waals surface area contributed by atoms with E-state index in [1.54, 1.807) is 6.20 Å². The molecule has 23 heavy (non-hydrogen) atoms. The van der Waals surface area contributed by atoms with E-state index in [1.165, 1.54) is 18.4 Å². The first-order valence-corrected chi connectivity index (χ1v) is 8.37. The first-order chi connectivity index (χ1) is 10.9. The van der Waals surface area contributed by atoms with Crippen LogP contribution >= 0.6 is 0 Å². The van der Waals surface area contributed by atoms with E-state index in [1.807, 2.05) is 16.9 Å². The zero-order valence-corrected chi connectivity index (χ0v) is 14.2. The van der Waals surface area contributed by atoms with Crippen LogP contribution in [0.2, 0.25) is 0 Å². The lowest BCUT2D eigenvalue weighted by Gasteiger charge is -2.32. The van der Waals surface area contributed by atoms with Crippen molar-refractivity contribution in [3.8, 4) is 5.69 Å². The third-order valence-corrected chi connectivity index (χ3v) is 5.36. The molecule has 4 nitrogen and oxygen atoms in total. The Balaban J connectivity index is 1.77. The Labute approximate surface area is 137 Å². The van der Waals surface area contributed by atoms with Gasteiger partial charge in [0.15, 0.2) is 0 Å². The van der Waals surface area contributed by atoms with Crippen molar-refractivity contribution in [1.82, 2.24) is 9.78 Å². The topological polar surface area (TPSA) is 36.3 Å². The van der Waals surface area contributed by atoms with Crippen LogP contribution in [-0.4, -0.2) is 28.1 Å². The highest BCUT2D eigenvalue weighted by molar-refractivity contribution is 6.63. The molecule has 4 rings (SSSR count). The quantitative estimate of drug-likeness (QED) is 0.818. The third-order valence-electron chi connectivity index (χ3n) is 5.36. The van der Waals surface area contributed by atoms with E-state index < -0.39 is 0 Å². The Hall–Kier alpha value is -1.59. The van der Waals surface area contributed by atoms with Crippen molar-refractivity contribution in [2.45, 2.75) is 57.7 Å². The lowest BCUT2D eigenvalue weighted by atomic mass is 9.77. The van der Waals surface area contributed by atoms with Crippen LogP contribution in [0, 0.1) is 0 Å². The summed E-state index contributed by atoms with van der Waals surface area (Å²) in [5.41, 5.74) is 2.80. The molecule has 1 aliphatic carbocycles. The van der Waals surface area contributed by atoms with Crippen LogP contribution in [0.25, 0.3) is 5.69 Å². The average Bonchev–Trinajstić information content (AvgIpc) is 3.14. The Morgan fingerprint density at radius 2 is 1.83 bits per heavy atom. The van der Waals surface area contributed by atoms with Gasteiger partial charge in [-0.25, -0.2) is 4.68 Å². The summed E-state index contributed by atoms with van der Waals surface area (Å²) in [5.74, 6) is 0.705. The lowest BCUT2D eigenvalue weighted by molar-refractivity contribution is 0.00578. The van der Waals surface area contributed by atoms with Gasteiger partial charge in [0.2, 0.25) is 0 Å². The second kappa shape index (κ2) is 4.95. The minimum Gasteiger partial charge on any atom is -0.399 e. The van der Waals surface area contributed by atoms with Crippen LogP contribution < -0.4 is 5.46 Å². The number of aromatic nitrogens is 2. The van der Waals surface area contributed by atoms with E-state index in [0.717, 1.165) is 11.2 Å². The monoisotopic (exact) mass is 310 g/mol. The summed E-state index contributed by atoms with van der Waals surface area (Å²) in [7, 11) is -0.368. The first-order valence-electron chi connectivity index (χ1n) is 8.37. The third kappa shape index (κ3) is 2.52. The van der Waals surface area contributed by atoms with E-state index in [0.29, 0.717) is 5.92 Å². The average molecular weight is 310 g/mol.